The Morgan fingerprint density at radius 1 is 1.21 bits per heavy atom. The molecule has 1 heterocycles. The number of benzene rings is 2. The zero-order valence-electron chi connectivity index (χ0n) is 16.5. The Labute approximate surface area is 174 Å². The molecule has 1 fully saturated rings. The molecule has 0 saturated carbocycles. The molecule has 0 radical (unpaired) electrons. The average molecular weight is 419 g/mol. The van der Waals surface area contributed by atoms with Gasteiger partial charge in [0.05, 0.1) is 11.2 Å². The van der Waals surface area contributed by atoms with E-state index in [0.717, 1.165) is 0 Å². The molecule has 0 amide bonds. The Kier molecular flexibility index (Phi) is 6.52. The number of carbonyl (C=O) groups is 2. The van der Waals surface area contributed by atoms with Crippen molar-refractivity contribution in [2.75, 3.05) is 13.2 Å². The van der Waals surface area contributed by atoms with Gasteiger partial charge < -0.3 is 9.84 Å². The molecule has 3 rings (SSSR count). The minimum absolute atomic E-state index is 0.0288. The summed E-state index contributed by atoms with van der Waals surface area (Å²) < 4.78 is 20.6. The first-order valence-corrected chi connectivity index (χ1v) is 10.1. The first-order valence-electron chi connectivity index (χ1n) is 9.73. The maximum atomic E-state index is 15.2. The third-order valence-corrected chi connectivity index (χ3v) is 5.99. The lowest BCUT2D eigenvalue weighted by Gasteiger charge is -2.38. The van der Waals surface area contributed by atoms with Crippen molar-refractivity contribution >= 4 is 23.2 Å². The second-order valence-electron chi connectivity index (χ2n) is 7.44. The van der Waals surface area contributed by atoms with Crippen LogP contribution in [0.25, 0.3) is 0 Å². The molecule has 0 bridgehead atoms. The molecule has 1 saturated heterocycles. The lowest BCUT2D eigenvalue weighted by Crippen LogP contribution is -2.38. The largest absolute Gasteiger partial charge is 0.385 e. The second kappa shape index (κ2) is 8.74. The molecule has 1 N–H and O–H groups in total. The first kappa shape index (κ1) is 21.6. The molecule has 2 aromatic carbocycles. The standard InChI is InChI=1S/C23H24ClFO4/c1-3-23(28,16-8-10-29-11-9-16)17-12-19(14(2)26)21(20(25)13-17)22(27)15-4-6-18(24)7-5-15/h4-7,12-13,16,28H,3,8-11H2,1-2H3/t23-/m0/s1. The molecule has 1 aliphatic rings. The first-order chi connectivity index (χ1) is 13.8. The smallest absolute Gasteiger partial charge is 0.196 e. The van der Waals surface area contributed by atoms with Gasteiger partial charge in [-0.3, -0.25) is 9.59 Å². The van der Waals surface area contributed by atoms with E-state index in [-0.39, 0.29) is 22.6 Å². The van der Waals surface area contributed by atoms with Crippen LogP contribution in [0.1, 0.15) is 65.0 Å². The van der Waals surface area contributed by atoms with E-state index < -0.39 is 23.0 Å². The van der Waals surface area contributed by atoms with Gasteiger partial charge in [0.2, 0.25) is 0 Å². The maximum Gasteiger partial charge on any atom is 0.196 e. The van der Waals surface area contributed by atoms with Crippen LogP contribution in [0.15, 0.2) is 36.4 Å². The summed E-state index contributed by atoms with van der Waals surface area (Å²) in [7, 11) is 0. The molecule has 1 aliphatic heterocycles. The van der Waals surface area contributed by atoms with E-state index in [2.05, 4.69) is 0 Å². The monoisotopic (exact) mass is 418 g/mol. The molecule has 2 aromatic rings. The van der Waals surface area contributed by atoms with Gasteiger partial charge in [0.15, 0.2) is 11.6 Å². The summed E-state index contributed by atoms with van der Waals surface area (Å²) in [5, 5.41) is 11.8. The molecular formula is C23H24ClFO4. The lowest BCUT2D eigenvalue weighted by atomic mass is 9.74. The number of hydrogen-bond acceptors (Lipinski definition) is 4. The van der Waals surface area contributed by atoms with Crippen LogP contribution in [0.2, 0.25) is 5.02 Å². The minimum Gasteiger partial charge on any atom is -0.385 e. The number of ether oxygens (including phenoxy) is 1. The summed E-state index contributed by atoms with van der Waals surface area (Å²) in [6.45, 7) is 4.18. The van der Waals surface area contributed by atoms with Gasteiger partial charge in [-0.05, 0) is 74.1 Å². The molecular weight excluding hydrogens is 395 g/mol. The molecule has 4 nitrogen and oxygen atoms in total. The SMILES string of the molecule is CC[C@@](O)(c1cc(F)c(C(=O)c2ccc(Cl)cc2)c(C(C)=O)c1)C1CCOCC1. The van der Waals surface area contributed by atoms with Crippen molar-refractivity contribution in [3.63, 3.8) is 0 Å². The van der Waals surface area contributed by atoms with E-state index in [9.17, 15) is 14.7 Å². The van der Waals surface area contributed by atoms with Crippen LogP contribution in [0, 0.1) is 11.7 Å². The van der Waals surface area contributed by atoms with Crippen LogP contribution in [0.5, 0.6) is 0 Å². The van der Waals surface area contributed by atoms with Gasteiger partial charge in [-0.1, -0.05) is 18.5 Å². The summed E-state index contributed by atoms with van der Waals surface area (Å²) in [6, 6.07) is 8.71. The van der Waals surface area contributed by atoms with Gasteiger partial charge in [0.25, 0.3) is 0 Å². The van der Waals surface area contributed by atoms with Gasteiger partial charge in [-0.15, -0.1) is 0 Å². The lowest BCUT2D eigenvalue weighted by molar-refractivity contribution is -0.0732. The van der Waals surface area contributed by atoms with Crippen molar-refractivity contribution in [1.82, 2.24) is 0 Å². The van der Waals surface area contributed by atoms with E-state index in [4.69, 9.17) is 16.3 Å². The number of carbonyl (C=O) groups excluding carboxylic acids is 2. The summed E-state index contributed by atoms with van der Waals surface area (Å²) in [6.07, 6.45) is 1.65. The van der Waals surface area contributed by atoms with E-state index >= 15 is 4.39 Å². The zero-order chi connectivity index (χ0) is 21.2. The number of aliphatic hydroxyl groups is 1. The van der Waals surface area contributed by atoms with Gasteiger partial charge in [0.1, 0.15) is 5.82 Å². The molecule has 0 unspecified atom stereocenters. The summed E-state index contributed by atoms with van der Waals surface area (Å²) in [4.78, 5) is 25.2. The van der Waals surface area contributed by atoms with E-state index in [0.29, 0.717) is 43.1 Å². The van der Waals surface area contributed by atoms with Crippen LogP contribution < -0.4 is 0 Å². The van der Waals surface area contributed by atoms with Crippen LogP contribution in [-0.4, -0.2) is 29.9 Å². The Hall–Kier alpha value is -2.08. The summed E-state index contributed by atoms with van der Waals surface area (Å²) >= 11 is 5.86. The minimum atomic E-state index is -1.29. The molecule has 29 heavy (non-hydrogen) atoms. The van der Waals surface area contributed by atoms with E-state index in [1.165, 1.54) is 43.3 Å². The van der Waals surface area contributed by atoms with Crippen LogP contribution in [0.4, 0.5) is 4.39 Å². The van der Waals surface area contributed by atoms with Crippen molar-refractivity contribution in [3.05, 3.63) is 69.5 Å². The number of hydrogen-bond donors (Lipinski definition) is 1. The maximum absolute atomic E-state index is 15.2. The predicted octanol–water partition coefficient (Wildman–Crippen LogP) is 4.94. The third kappa shape index (κ3) is 4.27. The quantitative estimate of drug-likeness (QED) is 0.675. The summed E-state index contributed by atoms with van der Waals surface area (Å²) in [5.41, 5.74) is -1.05. The predicted molar refractivity (Wildman–Crippen MR) is 109 cm³/mol. The van der Waals surface area contributed by atoms with Gasteiger partial charge in [-0.2, -0.15) is 0 Å². The van der Waals surface area contributed by atoms with Crippen LogP contribution in [0.3, 0.4) is 0 Å². The van der Waals surface area contributed by atoms with E-state index in [1.54, 1.807) is 0 Å². The Balaban J connectivity index is 2.10. The van der Waals surface area contributed by atoms with Gasteiger partial charge in [0, 0.05) is 29.4 Å². The zero-order valence-corrected chi connectivity index (χ0v) is 17.3. The van der Waals surface area contributed by atoms with Crippen molar-refractivity contribution in [2.24, 2.45) is 5.92 Å². The fourth-order valence-electron chi connectivity index (χ4n) is 4.01. The average Bonchev–Trinajstić information content (AvgIpc) is 2.73. The Bertz CT molecular complexity index is 919. The number of rotatable bonds is 6. The van der Waals surface area contributed by atoms with Crippen molar-refractivity contribution in [3.8, 4) is 0 Å². The topological polar surface area (TPSA) is 63.6 Å². The molecule has 1 atom stereocenters. The highest BCUT2D eigenvalue weighted by Gasteiger charge is 2.39. The van der Waals surface area contributed by atoms with Crippen LogP contribution in [-0.2, 0) is 10.3 Å². The molecule has 0 aliphatic carbocycles. The number of ketones is 2. The summed E-state index contributed by atoms with van der Waals surface area (Å²) in [5.74, 6) is -1.96. The molecule has 0 aromatic heterocycles. The fourth-order valence-corrected chi connectivity index (χ4v) is 4.14. The molecule has 154 valence electrons. The fraction of sp³-hybridized carbons (Fsp3) is 0.391. The van der Waals surface area contributed by atoms with Crippen molar-refractivity contribution in [1.29, 1.82) is 0 Å². The van der Waals surface area contributed by atoms with Crippen LogP contribution >= 0.6 is 11.6 Å². The van der Waals surface area contributed by atoms with Gasteiger partial charge in [-0.25, -0.2) is 4.39 Å². The van der Waals surface area contributed by atoms with Crippen molar-refractivity contribution < 1.29 is 23.8 Å². The highest BCUT2D eigenvalue weighted by Crippen LogP contribution is 2.40. The highest BCUT2D eigenvalue weighted by molar-refractivity contribution is 6.30. The second-order valence-corrected chi connectivity index (χ2v) is 7.87. The molecule has 0 spiro atoms. The third-order valence-electron chi connectivity index (χ3n) is 5.74. The highest BCUT2D eigenvalue weighted by atomic mass is 35.5. The Morgan fingerprint density at radius 2 is 1.83 bits per heavy atom. The van der Waals surface area contributed by atoms with E-state index in [1.807, 2.05) is 6.92 Å². The molecule has 6 heteroatoms. The Morgan fingerprint density at radius 3 is 2.38 bits per heavy atom. The number of halogens is 2. The number of Topliss-reactive ketones (excluding diaryl/α,β-unsaturated/α-hetero) is 1. The van der Waals surface area contributed by atoms with Crippen molar-refractivity contribution in [2.45, 2.75) is 38.7 Å². The van der Waals surface area contributed by atoms with Gasteiger partial charge >= 0.3 is 0 Å². The normalized spacial score (nSPS) is 17.0.